The van der Waals surface area contributed by atoms with Crippen molar-refractivity contribution >= 4 is 29.9 Å². The average molecular weight is 316 g/mol. The van der Waals surface area contributed by atoms with E-state index in [1.54, 1.807) is 30.3 Å². The maximum atomic E-state index is 12.0. The van der Waals surface area contributed by atoms with E-state index in [1.165, 1.54) is 18.2 Å². The molecule has 0 saturated heterocycles. The van der Waals surface area contributed by atoms with Crippen molar-refractivity contribution < 1.29 is 24.0 Å². The second-order valence-electron chi connectivity index (χ2n) is 4.43. The Balaban J connectivity index is 2.19. The van der Waals surface area contributed by atoms with Crippen LogP contribution in [0, 0.1) is 10.1 Å². The van der Waals surface area contributed by atoms with E-state index in [-0.39, 0.29) is 17.2 Å². The first-order valence-electron chi connectivity index (χ1n) is 6.48. The van der Waals surface area contributed by atoms with Crippen LogP contribution >= 0.6 is 0 Å². The van der Waals surface area contributed by atoms with Gasteiger partial charge in [0.15, 0.2) is 0 Å². The van der Waals surface area contributed by atoms with Crippen molar-refractivity contribution in [1.82, 2.24) is 5.32 Å². The molecule has 0 aliphatic heterocycles. The van der Waals surface area contributed by atoms with Crippen LogP contribution in [0.2, 0.25) is 0 Å². The molecular formula is C15H12N2O6. The molecule has 0 aliphatic carbocycles. The molecule has 0 spiro atoms. The first-order valence-corrected chi connectivity index (χ1v) is 6.48. The van der Waals surface area contributed by atoms with Crippen LogP contribution in [0.5, 0.6) is 0 Å². The number of hydrogen-bond donors (Lipinski definition) is 2. The molecule has 1 heterocycles. The third-order valence-corrected chi connectivity index (χ3v) is 2.83. The number of nitrogens with zero attached hydrogens (tertiary/aromatic N) is 1. The van der Waals surface area contributed by atoms with E-state index >= 15 is 0 Å². The van der Waals surface area contributed by atoms with Crippen molar-refractivity contribution in [3.8, 4) is 0 Å². The molecule has 0 fully saturated rings. The monoisotopic (exact) mass is 316 g/mol. The van der Waals surface area contributed by atoms with Crippen LogP contribution in [0.15, 0.2) is 40.8 Å². The number of amides is 1. The van der Waals surface area contributed by atoms with Gasteiger partial charge in [-0.2, -0.15) is 0 Å². The predicted molar refractivity (Wildman–Crippen MR) is 80.7 cm³/mol. The lowest BCUT2D eigenvalue weighted by Crippen LogP contribution is -2.29. The molecule has 2 N–H and O–H groups in total. The molecule has 118 valence electrons. The summed E-state index contributed by atoms with van der Waals surface area (Å²) < 4.78 is 4.98. The molecule has 1 aromatic carbocycles. The normalized spacial score (nSPS) is 10.6. The Hall–Kier alpha value is -3.42. The van der Waals surface area contributed by atoms with Gasteiger partial charge in [0.1, 0.15) is 17.2 Å². The summed E-state index contributed by atoms with van der Waals surface area (Å²) >= 11 is 0. The van der Waals surface area contributed by atoms with Crippen molar-refractivity contribution in [3.05, 3.63) is 63.4 Å². The summed E-state index contributed by atoms with van der Waals surface area (Å²) in [4.78, 5) is 32.3. The van der Waals surface area contributed by atoms with Crippen LogP contribution in [-0.4, -0.2) is 28.5 Å². The zero-order chi connectivity index (χ0) is 16.8. The van der Waals surface area contributed by atoms with Gasteiger partial charge in [0.05, 0.1) is 6.07 Å². The minimum absolute atomic E-state index is 0.262. The van der Waals surface area contributed by atoms with Crippen LogP contribution in [0.4, 0.5) is 5.88 Å². The summed E-state index contributed by atoms with van der Waals surface area (Å²) in [7, 11) is 0. The highest BCUT2D eigenvalue weighted by atomic mass is 16.6. The quantitative estimate of drug-likeness (QED) is 0.622. The minimum Gasteiger partial charge on any atom is -0.480 e. The molecule has 0 aliphatic rings. The number of benzene rings is 1. The van der Waals surface area contributed by atoms with Crippen molar-refractivity contribution in [2.24, 2.45) is 0 Å². The molecule has 0 radical (unpaired) electrons. The number of aliphatic carboxylic acids is 1. The Labute approximate surface area is 130 Å². The molecule has 0 atom stereocenters. The van der Waals surface area contributed by atoms with Gasteiger partial charge in [-0.1, -0.05) is 24.3 Å². The van der Waals surface area contributed by atoms with E-state index in [0.717, 1.165) is 0 Å². The number of carboxylic acid groups (broad SMARTS) is 1. The highest BCUT2D eigenvalue weighted by Crippen LogP contribution is 2.19. The lowest BCUT2D eigenvalue weighted by Gasteiger charge is -2.05. The second-order valence-corrected chi connectivity index (χ2v) is 4.43. The Bertz CT molecular complexity index is 778. The third kappa shape index (κ3) is 4.27. The van der Waals surface area contributed by atoms with Gasteiger partial charge in [-0.15, -0.1) is 0 Å². The molecule has 0 unspecified atom stereocenters. The van der Waals surface area contributed by atoms with Gasteiger partial charge in [-0.05, 0) is 23.8 Å². The molecule has 2 rings (SSSR count). The number of carbonyl (C=O) groups is 2. The summed E-state index contributed by atoms with van der Waals surface area (Å²) in [6.45, 7) is -0.485. The topological polar surface area (TPSA) is 123 Å². The number of rotatable bonds is 6. The molecule has 1 amide bonds. The van der Waals surface area contributed by atoms with Crippen molar-refractivity contribution in [2.75, 3.05) is 6.54 Å². The first-order chi connectivity index (χ1) is 11.0. The maximum absolute atomic E-state index is 12.0. The maximum Gasteiger partial charge on any atom is 0.433 e. The van der Waals surface area contributed by atoms with Crippen LogP contribution < -0.4 is 5.32 Å². The second kappa shape index (κ2) is 7.03. The van der Waals surface area contributed by atoms with E-state index < -0.39 is 23.3 Å². The standard InChI is InChI=1S/C15H12N2O6/c18-14(19)9-16-15(20)12-4-2-1-3-10(12)5-6-11-7-8-13(23-11)17(21)22/h1-8H,9H2,(H,16,20)(H,18,19). The number of nitrogens with one attached hydrogen (secondary N) is 1. The Morgan fingerprint density at radius 3 is 2.61 bits per heavy atom. The van der Waals surface area contributed by atoms with Gasteiger partial charge in [-0.25, -0.2) is 0 Å². The summed E-state index contributed by atoms with van der Waals surface area (Å²) in [5.41, 5.74) is 0.806. The highest BCUT2D eigenvalue weighted by Gasteiger charge is 2.12. The van der Waals surface area contributed by atoms with Crippen LogP contribution in [0.25, 0.3) is 12.2 Å². The molecule has 8 nitrogen and oxygen atoms in total. The van der Waals surface area contributed by atoms with Crippen LogP contribution in [-0.2, 0) is 4.79 Å². The van der Waals surface area contributed by atoms with Gasteiger partial charge in [-0.3, -0.25) is 19.7 Å². The number of hydrogen-bond acceptors (Lipinski definition) is 5. The lowest BCUT2D eigenvalue weighted by atomic mass is 10.1. The molecule has 0 bridgehead atoms. The summed E-state index contributed by atoms with van der Waals surface area (Å²) in [6.07, 6.45) is 3.04. The van der Waals surface area contributed by atoms with Crippen molar-refractivity contribution in [2.45, 2.75) is 0 Å². The third-order valence-electron chi connectivity index (χ3n) is 2.83. The Morgan fingerprint density at radius 2 is 1.96 bits per heavy atom. The average Bonchev–Trinajstić information content (AvgIpc) is 3.00. The zero-order valence-corrected chi connectivity index (χ0v) is 11.8. The lowest BCUT2D eigenvalue weighted by molar-refractivity contribution is -0.402. The summed E-state index contributed by atoms with van der Waals surface area (Å²) in [5, 5.41) is 21.4. The number of carbonyl (C=O) groups excluding carboxylic acids is 1. The van der Waals surface area contributed by atoms with E-state index in [2.05, 4.69) is 5.32 Å². The fraction of sp³-hybridized carbons (Fsp3) is 0.0667. The summed E-state index contributed by atoms with van der Waals surface area (Å²) in [5.74, 6) is -1.79. The van der Waals surface area contributed by atoms with Crippen molar-refractivity contribution in [3.63, 3.8) is 0 Å². The summed E-state index contributed by atoms with van der Waals surface area (Å²) in [6, 6.07) is 9.21. The highest BCUT2D eigenvalue weighted by molar-refractivity contribution is 5.99. The van der Waals surface area contributed by atoms with E-state index in [0.29, 0.717) is 5.56 Å². The number of carboxylic acids is 1. The molecule has 1 aromatic heterocycles. The fourth-order valence-electron chi connectivity index (χ4n) is 1.80. The fourth-order valence-corrected chi connectivity index (χ4v) is 1.80. The Morgan fingerprint density at radius 1 is 1.22 bits per heavy atom. The largest absolute Gasteiger partial charge is 0.480 e. The van der Waals surface area contributed by atoms with Crippen LogP contribution in [0.1, 0.15) is 21.7 Å². The van der Waals surface area contributed by atoms with Gasteiger partial charge in [0.25, 0.3) is 5.91 Å². The van der Waals surface area contributed by atoms with Gasteiger partial charge >= 0.3 is 11.9 Å². The van der Waals surface area contributed by atoms with E-state index in [9.17, 15) is 19.7 Å². The smallest absolute Gasteiger partial charge is 0.433 e. The molecule has 23 heavy (non-hydrogen) atoms. The predicted octanol–water partition coefficient (Wildman–Crippen LogP) is 2.17. The zero-order valence-electron chi connectivity index (χ0n) is 11.8. The van der Waals surface area contributed by atoms with Gasteiger partial charge < -0.3 is 14.8 Å². The van der Waals surface area contributed by atoms with E-state index in [4.69, 9.17) is 9.52 Å². The Kier molecular flexibility index (Phi) is 4.88. The molecule has 2 aromatic rings. The minimum atomic E-state index is -1.14. The van der Waals surface area contributed by atoms with Gasteiger partial charge in [0, 0.05) is 5.56 Å². The first kappa shape index (κ1) is 16.0. The van der Waals surface area contributed by atoms with Gasteiger partial charge in [0.2, 0.25) is 0 Å². The van der Waals surface area contributed by atoms with E-state index in [1.807, 2.05) is 0 Å². The van der Waals surface area contributed by atoms with Crippen LogP contribution in [0.3, 0.4) is 0 Å². The molecule has 8 heteroatoms. The number of nitro groups is 1. The molecular weight excluding hydrogens is 304 g/mol. The SMILES string of the molecule is O=C(O)CNC(=O)c1ccccc1C=Cc1ccc([N+](=O)[O-])o1. The molecule has 0 saturated carbocycles. The van der Waals surface area contributed by atoms with Crippen molar-refractivity contribution in [1.29, 1.82) is 0 Å². The number of furan rings is 1.